The highest BCUT2D eigenvalue weighted by atomic mass is 16.5. The second-order valence-corrected chi connectivity index (χ2v) is 7.31. The Balaban J connectivity index is 1.86. The van der Waals surface area contributed by atoms with E-state index in [1.165, 1.54) is 5.56 Å². The highest BCUT2D eigenvalue weighted by Gasteiger charge is 2.50. The van der Waals surface area contributed by atoms with Crippen LogP contribution < -0.4 is 10.5 Å². The number of ether oxygens (including phenoxy) is 2. The van der Waals surface area contributed by atoms with E-state index in [2.05, 4.69) is 39.8 Å². The zero-order valence-corrected chi connectivity index (χ0v) is 12.8. The fourth-order valence-corrected chi connectivity index (χ4v) is 3.99. The molecule has 0 saturated carbocycles. The van der Waals surface area contributed by atoms with E-state index in [9.17, 15) is 0 Å². The Morgan fingerprint density at radius 2 is 1.90 bits per heavy atom. The van der Waals surface area contributed by atoms with Gasteiger partial charge in [0.1, 0.15) is 5.75 Å². The molecule has 0 radical (unpaired) electrons. The van der Waals surface area contributed by atoms with Crippen LogP contribution in [0.5, 0.6) is 5.75 Å². The zero-order valence-electron chi connectivity index (χ0n) is 12.8. The quantitative estimate of drug-likeness (QED) is 0.902. The molecule has 3 nitrogen and oxygen atoms in total. The molecule has 2 heterocycles. The summed E-state index contributed by atoms with van der Waals surface area (Å²) >= 11 is 0. The number of rotatable bonds is 2. The minimum Gasteiger partial charge on any atom is -0.493 e. The molecule has 0 aliphatic carbocycles. The normalized spacial score (nSPS) is 31.6. The van der Waals surface area contributed by atoms with Gasteiger partial charge in [-0.3, -0.25) is 0 Å². The van der Waals surface area contributed by atoms with Crippen molar-refractivity contribution in [2.45, 2.75) is 57.3 Å². The van der Waals surface area contributed by atoms with Gasteiger partial charge >= 0.3 is 0 Å². The smallest absolute Gasteiger partial charge is 0.122 e. The molecular formula is C17H25NO2. The number of fused-ring (bicyclic) bond motifs is 1. The average molecular weight is 275 g/mol. The largest absolute Gasteiger partial charge is 0.493 e. The number of nitrogens with two attached hydrogens (primary N) is 1. The molecule has 0 bridgehead atoms. The van der Waals surface area contributed by atoms with Gasteiger partial charge in [-0.2, -0.15) is 0 Å². The van der Waals surface area contributed by atoms with E-state index in [0.29, 0.717) is 12.5 Å². The molecule has 3 unspecified atom stereocenters. The minimum atomic E-state index is -0.180. The summed E-state index contributed by atoms with van der Waals surface area (Å²) in [5.41, 5.74) is 7.61. The van der Waals surface area contributed by atoms with Gasteiger partial charge in [0.25, 0.3) is 0 Å². The Morgan fingerprint density at radius 3 is 2.55 bits per heavy atom. The van der Waals surface area contributed by atoms with Crippen molar-refractivity contribution < 1.29 is 9.47 Å². The third-order valence-corrected chi connectivity index (χ3v) is 4.81. The van der Waals surface area contributed by atoms with Crippen molar-refractivity contribution in [3.8, 4) is 5.75 Å². The molecule has 2 aliphatic heterocycles. The van der Waals surface area contributed by atoms with E-state index in [-0.39, 0.29) is 23.2 Å². The minimum absolute atomic E-state index is 0.0652. The third kappa shape index (κ3) is 2.23. The molecule has 20 heavy (non-hydrogen) atoms. The van der Waals surface area contributed by atoms with Crippen molar-refractivity contribution in [1.29, 1.82) is 0 Å². The van der Waals surface area contributed by atoms with Crippen molar-refractivity contribution in [3.63, 3.8) is 0 Å². The van der Waals surface area contributed by atoms with Gasteiger partial charge in [-0.15, -0.1) is 0 Å². The van der Waals surface area contributed by atoms with Gasteiger partial charge in [-0.25, -0.2) is 0 Å². The van der Waals surface area contributed by atoms with E-state index >= 15 is 0 Å². The summed E-state index contributed by atoms with van der Waals surface area (Å²) in [4.78, 5) is 0. The van der Waals surface area contributed by atoms with Gasteiger partial charge in [-0.1, -0.05) is 18.2 Å². The molecule has 3 rings (SSSR count). The van der Waals surface area contributed by atoms with Crippen LogP contribution >= 0.6 is 0 Å². The molecular weight excluding hydrogens is 250 g/mol. The molecule has 0 aromatic heterocycles. The van der Waals surface area contributed by atoms with Gasteiger partial charge in [0.15, 0.2) is 0 Å². The van der Waals surface area contributed by atoms with Crippen molar-refractivity contribution in [2.24, 2.45) is 11.7 Å². The van der Waals surface area contributed by atoms with Crippen LogP contribution in [-0.4, -0.2) is 23.9 Å². The van der Waals surface area contributed by atoms with E-state index in [1.54, 1.807) is 0 Å². The maximum Gasteiger partial charge on any atom is 0.122 e. The molecule has 110 valence electrons. The Labute approximate surface area is 121 Å². The van der Waals surface area contributed by atoms with Crippen LogP contribution in [-0.2, 0) is 4.74 Å². The molecule has 1 aromatic carbocycles. The summed E-state index contributed by atoms with van der Waals surface area (Å²) in [6.45, 7) is 9.32. The number of hydrogen-bond donors (Lipinski definition) is 1. The second-order valence-electron chi connectivity index (χ2n) is 7.31. The van der Waals surface area contributed by atoms with Crippen molar-refractivity contribution in [3.05, 3.63) is 29.8 Å². The van der Waals surface area contributed by atoms with Gasteiger partial charge in [0.05, 0.1) is 17.8 Å². The molecule has 3 atom stereocenters. The Hall–Kier alpha value is -1.06. The van der Waals surface area contributed by atoms with Crippen molar-refractivity contribution in [2.75, 3.05) is 6.61 Å². The summed E-state index contributed by atoms with van der Waals surface area (Å²) in [5.74, 6) is 1.61. The summed E-state index contributed by atoms with van der Waals surface area (Å²) in [7, 11) is 0. The first-order valence-corrected chi connectivity index (χ1v) is 7.48. The van der Waals surface area contributed by atoms with Crippen LogP contribution in [0.15, 0.2) is 24.3 Å². The Kier molecular flexibility index (Phi) is 3.11. The highest BCUT2D eigenvalue weighted by molar-refractivity contribution is 5.40. The summed E-state index contributed by atoms with van der Waals surface area (Å²) in [6, 6.07) is 8.31. The average Bonchev–Trinajstić information content (AvgIpc) is 2.86. The first-order valence-electron chi connectivity index (χ1n) is 7.48. The van der Waals surface area contributed by atoms with Crippen LogP contribution in [0.1, 0.15) is 45.6 Å². The lowest BCUT2D eigenvalue weighted by Gasteiger charge is -2.33. The van der Waals surface area contributed by atoms with Crippen LogP contribution in [0, 0.1) is 5.92 Å². The van der Waals surface area contributed by atoms with E-state index < -0.39 is 0 Å². The van der Waals surface area contributed by atoms with E-state index in [1.807, 2.05) is 12.1 Å². The molecule has 1 fully saturated rings. The zero-order chi connectivity index (χ0) is 14.5. The number of para-hydroxylation sites is 1. The summed E-state index contributed by atoms with van der Waals surface area (Å²) < 4.78 is 12.0. The predicted molar refractivity (Wildman–Crippen MR) is 80.0 cm³/mol. The van der Waals surface area contributed by atoms with Gasteiger partial charge in [0, 0.05) is 23.4 Å². The topological polar surface area (TPSA) is 44.5 Å². The van der Waals surface area contributed by atoms with Gasteiger partial charge in [-0.05, 0) is 40.2 Å². The number of hydrogen-bond acceptors (Lipinski definition) is 3. The fourth-order valence-electron chi connectivity index (χ4n) is 3.99. The molecule has 2 aliphatic rings. The first-order chi connectivity index (χ1) is 9.30. The molecule has 3 heteroatoms. The lowest BCUT2D eigenvalue weighted by molar-refractivity contribution is -0.0773. The fraction of sp³-hybridized carbons (Fsp3) is 0.647. The monoisotopic (exact) mass is 275 g/mol. The SMILES string of the molecule is CC1(C)CC(C(N)C2COc3ccccc32)C(C)(C)O1. The second kappa shape index (κ2) is 4.47. The van der Waals surface area contributed by atoms with E-state index in [4.69, 9.17) is 15.2 Å². The summed E-state index contributed by atoms with van der Waals surface area (Å²) in [5, 5.41) is 0. The lowest BCUT2D eigenvalue weighted by Crippen LogP contribution is -2.45. The molecule has 1 aromatic rings. The highest BCUT2D eigenvalue weighted by Crippen LogP contribution is 2.47. The van der Waals surface area contributed by atoms with Crippen molar-refractivity contribution in [1.82, 2.24) is 0 Å². The third-order valence-electron chi connectivity index (χ3n) is 4.81. The summed E-state index contributed by atoms with van der Waals surface area (Å²) in [6.07, 6.45) is 1.000. The van der Waals surface area contributed by atoms with E-state index in [0.717, 1.165) is 12.2 Å². The van der Waals surface area contributed by atoms with Crippen LogP contribution in [0.25, 0.3) is 0 Å². The molecule has 1 saturated heterocycles. The first kappa shape index (κ1) is 13.9. The van der Waals surface area contributed by atoms with Crippen LogP contribution in [0.4, 0.5) is 0 Å². The number of benzene rings is 1. The Morgan fingerprint density at radius 1 is 1.20 bits per heavy atom. The maximum absolute atomic E-state index is 6.64. The lowest BCUT2D eigenvalue weighted by atomic mass is 9.75. The molecule has 2 N–H and O–H groups in total. The van der Waals surface area contributed by atoms with Crippen LogP contribution in [0.2, 0.25) is 0 Å². The molecule has 0 amide bonds. The predicted octanol–water partition coefficient (Wildman–Crippen LogP) is 3.08. The van der Waals surface area contributed by atoms with Gasteiger partial charge < -0.3 is 15.2 Å². The maximum atomic E-state index is 6.64. The van der Waals surface area contributed by atoms with Crippen LogP contribution in [0.3, 0.4) is 0 Å². The molecule has 0 spiro atoms. The van der Waals surface area contributed by atoms with Gasteiger partial charge in [0.2, 0.25) is 0 Å². The Bertz CT molecular complexity index is 509. The standard InChI is InChI=1S/C17H25NO2/c1-16(2)9-13(17(3,4)20-16)15(18)12-10-19-14-8-6-5-7-11(12)14/h5-8,12-13,15H,9-10,18H2,1-4H3. The van der Waals surface area contributed by atoms with Crippen molar-refractivity contribution >= 4 is 0 Å².